The van der Waals surface area contributed by atoms with Crippen LogP contribution < -0.4 is 5.73 Å². The van der Waals surface area contributed by atoms with Crippen LogP contribution in [0.2, 0.25) is 5.02 Å². The first-order chi connectivity index (χ1) is 9.06. The lowest BCUT2D eigenvalue weighted by molar-refractivity contribution is -0.137. The summed E-state index contributed by atoms with van der Waals surface area (Å²) in [5, 5.41) is 9.44. The Morgan fingerprint density at radius 1 is 1.16 bits per heavy atom. The van der Waals surface area contributed by atoms with E-state index in [0.29, 0.717) is 5.02 Å². The molecule has 2 aromatic rings. The largest absolute Gasteiger partial charge is 0.481 e. The number of nitrogens with two attached hydrogens (primary N) is 1. The highest BCUT2D eigenvalue weighted by atomic mass is 35.5. The highest BCUT2D eigenvalue weighted by Gasteiger charge is 2.11. The molecule has 4 heteroatoms. The Labute approximate surface area is 116 Å². The second kappa shape index (κ2) is 5.87. The predicted molar refractivity (Wildman–Crippen MR) is 76.1 cm³/mol. The minimum atomic E-state index is -0.902. The number of carbonyl (C=O) groups is 1. The molecule has 3 N–H and O–H groups in total. The van der Waals surface area contributed by atoms with E-state index in [1.54, 1.807) is 0 Å². The van der Waals surface area contributed by atoms with Gasteiger partial charge in [-0.15, -0.1) is 0 Å². The Kier molecular flexibility index (Phi) is 4.20. The molecule has 0 saturated carbocycles. The number of rotatable bonds is 4. The van der Waals surface area contributed by atoms with Crippen molar-refractivity contribution in [3.63, 3.8) is 0 Å². The summed E-state index contributed by atoms with van der Waals surface area (Å²) < 4.78 is 0. The smallest absolute Gasteiger partial charge is 0.305 e. The van der Waals surface area contributed by atoms with Crippen molar-refractivity contribution in [2.45, 2.75) is 12.5 Å². The summed E-state index contributed by atoms with van der Waals surface area (Å²) in [6.07, 6.45) is -0.0843. The molecule has 0 saturated heterocycles. The van der Waals surface area contributed by atoms with E-state index < -0.39 is 12.0 Å². The zero-order valence-electron chi connectivity index (χ0n) is 10.2. The SMILES string of the molecule is NC(CC(=O)O)c1cccc(-c2cccc(Cl)c2)c1. The number of halogens is 1. The van der Waals surface area contributed by atoms with Gasteiger partial charge in [-0.1, -0.05) is 41.9 Å². The third-order valence-electron chi connectivity index (χ3n) is 2.87. The third-order valence-corrected chi connectivity index (χ3v) is 3.10. The van der Waals surface area contributed by atoms with Gasteiger partial charge in [-0.05, 0) is 34.9 Å². The molecule has 2 aromatic carbocycles. The van der Waals surface area contributed by atoms with Crippen molar-refractivity contribution < 1.29 is 9.90 Å². The van der Waals surface area contributed by atoms with Gasteiger partial charge in [0.25, 0.3) is 0 Å². The van der Waals surface area contributed by atoms with Crippen molar-refractivity contribution in [1.29, 1.82) is 0 Å². The molecule has 0 bridgehead atoms. The summed E-state index contributed by atoms with van der Waals surface area (Å²) in [7, 11) is 0. The predicted octanol–water partition coefficient (Wildman–Crippen LogP) is 3.48. The highest BCUT2D eigenvalue weighted by molar-refractivity contribution is 6.30. The zero-order valence-corrected chi connectivity index (χ0v) is 11.0. The van der Waals surface area contributed by atoms with Gasteiger partial charge in [-0.3, -0.25) is 4.79 Å². The van der Waals surface area contributed by atoms with Gasteiger partial charge in [0, 0.05) is 11.1 Å². The molecule has 0 aliphatic carbocycles. The number of hydrogen-bond donors (Lipinski definition) is 2. The Hall–Kier alpha value is -1.84. The average Bonchev–Trinajstić information content (AvgIpc) is 2.38. The lowest BCUT2D eigenvalue weighted by Gasteiger charge is -2.11. The van der Waals surface area contributed by atoms with Gasteiger partial charge >= 0.3 is 5.97 Å². The van der Waals surface area contributed by atoms with E-state index in [9.17, 15) is 4.79 Å². The molecule has 98 valence electrons. The molecule has 0 fully saturated rings. The van der Waals surface area contributed by atoms with Crippen molar-refractivity contribution in [3.8, 4) is 11.1 Å². The van der Waals surface area contributed by atoms with Crippen LogP contribution in [-0.4, -0.2) is 11.1 Å². The minimum absolute atomic E-state index is 0.0843. The van der Waals surface area contributed by atoms with Crippen molar-refractivity contribution in [1.82, 2.24) is 0 Å². The van der Waals surface area contributed by atoms with Crippen LogP contribution in [0.3, 0.4) is 0 Å². The van der Waals surface area contributed by atoms with Crippen molar-refractivity contribution in [3.05, 3.63) is 59.1 Å². The van der Waals surface area contributed by atoms with E-state index in [-0.39, 0.29) is 6.42 Å². The van der Waals surface area contributed by atoms with E-state index >= 15 is 0 Å². The van der Waals surface area contributed by atoms with Gasteiger partial charge in [-0.25, -0.2) is 0 Å². The lowest BCUT2D eigenvalue weighted by atomic mass is 9.98. The molecule has 0 radical (unpaired) electrons. The standard InChI is InChI=1S/C15H14ClNO2/c16-13-6-2-4-11(8-13)10-3-1-5-12(7-10)14(17)9-15(18)19/h1-8,14H,9,17H2,(H,18,19). The molecule has 19 heavy (non-hydrogen) atoms. The van der Waals surface area contributed by atoms with Gasteiger partial charge in [-0.2, -0.15) is 0 Å². The fourth-order valence-electron chi connectivity index (χ4n) is 1.92. The fourth-order valence-corrected chi connectivity index (χ4v) is 2.11. The maximum atomic E-state index is 10.7. The summed E-state index contributed by atoms with van der Waals surface area (Å²) in [4.78, 5) is 10.7. The van der Waals surface area contributed by atoms with Crippen molar-refractivity contribution >= 4 is 17.6 Å². The molecule has 0 amide bonds. The van der Waals surface area contributed by atoms with Crippen LogP contribution in [0.15, 0.2) is 48.5 Å². The number of hydrogen-bond acceptors (Lipinski definition) is 2. The monoisotopic (exact) mass is 275 g/mol. The second-order valence-electron chi connectivity index (χ2n) is 4.34. The molecule has 3 nitrogen and oxygen atoms in total. The average molecular weight is 276 g/mol. The molecular formula is C15H14ClNO2. The highest BCUT2D eigenvalue weighted by Crippen LogP contribution is 2.25. The molecule has 0 aliphatic rings. The molecule has 0 spiro atoms. The van der Waals surface area contributed by atoms with Crippen LogP contribution >= 0.6 is 11.6 Å². The van der Waals surface area contributed by atoms with Crippen molar-refractivity contribution in [2.24, 2.45) is 5.73 Å². The third kappa shape index (κ3) is 3.56. The van der Waals surface area contributed by atoms with Crippen molar-refractivity contribution in [2.75, 3.05) is 0 Å². The Balaban J connectivity index is 2.31. The summed E-state index contributed by atoms with van der Waals surface area (Å²) in [6.45, 7) is 0. The van der Waals surface area contributed by atoms with Gasteiger partial charge in [0.2, 0.25) is 0 Å². The van der Waals surface area contributed by atoms with Gasteiger partial charge in [0.15, 0.2) is 0 Å². The molecule has 1 atom stereocenters. The maximum absolute atomic E-state index is 10.7. The lowest BCUT2D eigenvalue weighted by Crippen LogP contribution is -2.14. The summed E-state index contributed by atoms with van der Waals surface area (Å²) in [5.74, 6) is -0.902. The number of carboxylic acids is 1. The fraction of sp³-hybridized carbons (Fsp3) is 0.133. The van der Waals surface area contributed by atoms with Gasteiger partial charge < -0.3 is 10.8 Å². The molecule has 0 heterocycles. The first-order valence-corrected chi connectivity index (χ1v) is 6.27. The normalized spacial score (nSPS) is 12.1. The van der Waals surface area contributed by atoms with E-state index in [0.717, 1.165) is 16.7 Å². The first kappa shape index (κ1) is 13.6. The van der Waals surface area contributed by atoms with Gasteiger partial charge in [0.05, 0.1) is 6.42 Å². The van der Waals surface area contributed by atoms with E-state index in [1.807, 2.05) is 48.5 Å². The molecule has 0 aromatic heterocycles. The van der Waals surface area contributed by atoms with Crippen LogP contribution in [0.25, 0.3) is 11.1 Å². The van der Waals surface area contributed by atoms with Crippen LogP contribution in [0.5, 0.6) is 0 Å². The first-order valence-electron chi connectivity index (χ1n) is 5.89. The number of benzene rings is 2. The molecule has 0 aliphatic heterocycles. The molecule has 2 rings (SSSR count). The van der Waals surface area contributed by atoms with Crippen LogP contribution in [-0.2, 0) is 4.79 Å². The summed E-state index contributed by atoms with van der Waals surface area (Å²) in [5.41, 5.74) is 8.63. The number of carboxylic acid groups (broad SMARTS) is 1. The maximum Gasteiger partial charge on any atom is 0.305 e. The minimum Gasteiger partial charge on any atom is -0.481 e. The Bertz CT molecular complexity index is 598. The molecule has 1 unspecified atom stereocenters. The summed E-state index contributed by atoms with van der Waals surface area (Å²) in [6, 6.07) is 14.6. The van der Waals surface area contributed by atoms with Crippen LogP contribution in [0, 0.1) is 0 Å². The van der Waals surface area contributed by atoms with Gasteiger partial charge in [0.1, 0.15) is 0 Å². The molecular weight excluding hydrogens is 262 g/mol. The van der Waals surface area contributed by atoms with E-state index in [1.165, 1.54) is 0 Å². The second-order valence-corrected chi connectivity index (χ2v) is 4.78. The van der Waals surface area contributed by atoms with E-state index in [4.69, 9.17) is 22.4 Å². The number of aliphatic carboxylic acids is 1. The van der Waals surface area contributed by atoms with E-state index in [2.05, 4.69) is 0 Å². The van der Waals surface area contributed by atoms with Crippen LogP contribution in [0.4, 0.5) is 0 Å². The van der Waals surface area contributed by atoms with Crippen LogP contribution in [0.1, 0.15) is 18.0 Å². The topological polar surface area (TPSA) is 63.3 Å². The Morgan fingerprint density at radius 2 is 1.79 bits per heavy atom. The summed E-state index contributed by atoms with van der Waals surface area (Å²) >= 11 is 5.96. The quantitative estimate of drug-likeness (QED) is 0.898. The Morgan fingerprint density at radius 3 is 2.42 bits per heavy atom. The zero-order chi connectivity index (χ0) is 13.8.